The summed E-state index contributed by atoms with van der Waals surface area (Å²) in [5.74, 6) is 0.913. The second-order valence-electron chi connectivity index (χ2n) is 7.94. The SMILES string of the molecule is C=CNC1=NC=C/C1=C(/C)N1CCC(N(C)C(=O)CCc2c(Cl)cccc2Cl)C1.CCC. The number of allylic oxidation sites excluding steroid dienone is 1. The van der Waals surface area contributed by atoms with Crippen LogP contribution in [0.15, 0.2) is 59.5 Å². The number of nitrogens with zero attached hydrogens (tertiary/aromatic N) is 3. The van der Waals surface area contributed by atoms with E-state index in [1.165, 1.54) is 6.42 Å². The number of carbonyl (C=O) groups excluding carboxylic acids is 1. The van der Waals surface area contributed by atoms with Gasteiger partial charge in [-0.25, -0.2) is 4.99 Å². The molecule has 1 aromatic rings. The molecule has 1 amide bonds. The Morgan fingerprint density at radius 1 is 1.34 bits per heavy atom. The van der Waals surface area contributed by atoms with Crippen molar-refractivity contribution in [2.75, 3.05) is 20.1 Å². The van der Waals surface area contributed by atoms with Crippen molar-refractivity contribution in [3.63, 3.8) is 0 Å². The molecule has 1 saturated heterocycles. The lowest BCUT2D eigenvalue weighted by atomic mass is 10.1. The van der Waals surface area contributed by atoms with Gasteiger partial charge in [0, 0.05) is 54.1 Å². The number of hydrogen-bond acceptors (Lipinski definition) is 4. The molecule has 3 rings (SSSR count). The maximum atomic E-state index is 12.8. The van der Waals surface area contributed by atoms with Gasteiger partial charge in [-0.1, -0.05) is 56.1 Å². The second kappa shape index (κ2) is 12.7. The first kappa shape index (κ1) is 26.0. The molecule has 2 aliphatic rings. The molecule has 1 atom stereocenters. The van der Waals surface area contributed by atoms with E-state index in [0.29, 0.717) is 22.9 Å². The summed E-state index contributed by atoms with van der Waals surface area (Å²) in [6.07, 6.45) is 8.52. The van der Waals surface area contributed by atoms with E-state index >= 15 is 0 Å². The Hall–Kier alpha value is -2.24. The average molecular weight is 477 g/mol. The van der Waals surface area contributed by atoms with Crippen LogP contribution < -0.4 is 5.32 Å². The summed E-state index contributed by atoms with van der Waals surface area (Å²) >= 11 is 12.4. The van der Waals surface area contributed by atoms with Gasteiger partial charge in [-0.15, -0.1) is 0 Å². The van der Waals surface area contributed by atoms with Crippen molar-refractivity contribution in [2.24, 2.45) is 4.99 Å². The van der Waals surface area contributed by atoms with Crippen LogP contribution in [0.4, 0.5) is 0 Å². The van der Waals surface area contributed by atoms with Crippen molar-refractivity contribution < 1.29 is 4.79 Å². The Bertz CT molecular complexity index is 887. The fourth-order valence-corrected chi connectivity index (χ4v) is 4.34. The van der Waals surface area contributed by atoms with Gasteiger partial charge in [0.25, 0.3) is 0 Å². The zero-order valence-corrected chi connectivity index (χ0v) is 21.0. The zero-order valence-electron chi connectivity index (χ0n) is 19.5. The zero-order chi connectivity index (χ0) is 23.7. The van der Waals surface area contributed by atoms with Crippen molar-refractivity contribution in [2.45, 2.75) is 52.5 Å². The van der Waals surface area contributed by atoms with Gasteiger partial charge in [-0.3, -0.25) is 4.79 Å². The maximum absolute atomic E-state index is 12.8. The molecular formula is C25H34Cl2N4O. The number of nitrogens with one attached hydrogen (secondary N) is 1. The summed E-state index contributed by atoms with van der Waals surface area (Å²) < 4.78 is 0. The van der Waals surface area contributed by atoms with E-state index in [1.54, 1.807) is 24.5 Å². The molecule has 1 unspecified atom stereocenters. The standard InChI is InChI=1S/C22H26Cl2N4O.C3H8/c1-4-25-22-17(10-12-26-22)15(2)28-13-11-16(14-28)27(3)21(29)9-8-18-19(23)6-5-7-20(18)24;1-3-2/h4-7,10,12,16H,1,8-9,11,13-14H2,2-3H3,(H,25,26);3H2,1-2H3/b17-15+;. The summed E-state index contributed by atoms with van der Waals surface area (Å²) in [5.41, 5.74) is 3.05. The van der Waals surface area contributed by atoms with Crippen LogP contribution in [0, 0.1) is 0 Å². The molecule has 1 aromatic carbocycles. The first-order chi connectivity index (χ1) is 15.3. The van der Waals surface area contributed by atoms with Gasteiger partial charge in [-0.2, -0.15) is 0 Å². The highest BCUT2D eigenvalue weighted by molar-refractivity contribution is 6.36. The number of amidine groups is 1. The third kappa shape index (κ3) is 6.63. The molecule has 7 heteroatoms. The van der Waals surface area contributed by atoms with Crippen LogP contribution in [0.1, 0.15) is 45.6 Å². The predicted molar refractivity (Wildman–Crippen MR) is 136 cm³/mol. The Morgan fingerprint density at radius 3 is 2.62 bits per heavy atom. The normalized spacial score (nSPS) is 18.6. The van der Waals surface area contributed by atoms with E-state index < -0.39 is 0 Å². The number of rotatable bonds is 6. The first-order valence-electron chi connectivity index (χ1n) is 11.1. The molecular weight excluding hydrogens is 443 g/mol. The minimum atomic E-state index is 0.106. The van der Waals surface area contributed by atoms with E-state index in [9.17, 15) is 4.79 Å². The van der Waals surface area contributed by atoms with Crippen molar-refractivity contribution >= 4 is 34.9 Å². The molecule has 0 radical (unpaired) electrons. The third-order valence-electron chi connectivity index (χ3n) is 5.56. The molecule has 0 spiro atoms. The van der Waals surface area contributed by atoms with Crippen LogP contribution in [-0.4, -0.2) is 47.7 Å². The third-order valence-corrected chi connectivity index (χ3v) is 6.27. The molecule has 5 nitrogen and oxygen atoms in total. The molecule has 1 N–H and O–H groups in total. The highest BCUT2D eigenvalue weighted by Gasteiger charge is 2.30. The monoisotopic (exact) mass is 476 g/mol. The van der Waals surface area contributed by atoms with Crippen LogP contribution in [0.5, 0.6) is 0 Å². The summed E-state index contributed by atoms with van der Waals surface area (Å²) in [5, 5.41) is 4.29. The molecule has 2 aliphatic heterocycles. The van der Waals surface area contributed by atoms with E-state index in [2.05, 4.69) is 42.6 Å². The van der Waals surface area contributed by atoms with E-state index in [0.717, 1.165) is 42.2 Å². The van der Waals surface area contributed by atoms with Gasteiger partial charge in [0.05, 0.1) is 6.04 Å². The molecule has 0 aliphatic carbocycles. The minimum absolute atomic E-state index is 0.106. The summed E-state index contributed by atoms with van der Waals surface area (Å²) in [4.78, 5) is 21.3. The van der Waals surface area contributed by atoms with Crippen molar-refractivity contribution in [3.8, 4) is 0 Å². The Morgan fingerprint density at radius 2 is 2.00 bits per heavy atom. The summed E-state index contributed by atoms with van der Waals surface area (Å²) in [6.45, 7) is 11.8. The van der Waals surface area contributed by atoms with Gasteiger partial charge in [0.1, 0.15) is 5.84 Å². The van der Waals surface area contributed by atoms with Crippen molar-refractivity contribution in [1.82, 2.24) is 15.1 Å². The van der Waals surface area contributed by atoms with Crippen LogP contribution in [0.25, 0.3) is 0 Å². The molecule has 0 aromatic heterocycles. The number of likely N-dealkylation sites (N-methyl/N-ethyl adjacent to an activating group) is 1. The number of carbonyl (C=O) groups is 1. The number of aliphatic imine (C=N–C) groups is 1. The van der Waals surface area contributed by atoms with Gasteiger partial charge in [0.2, 0.25) is 5.91 Å². The predicted octanol–water partition coefficient (Wildman–Crippen LogP) is 5.81. The number of halogens is 2. The van der Waals surface area contributed by atoms with Gasteiger partial charge in [0.15, 0.2) is 0 Å². The molecule has 2 heterocycles. The maximum Gasteiger partial charge on any atom is 0.222 e. The average Bonchev–Trinajstić information content (AvgIpc) is 3.43. The highest BCUT2D eigenvalue weighted by atomic mass is 35.5. The van der Waals surface area contributed by atoms with Gasteiger partial charge in [-0.05, 0) is 49.7 Å². The summed E-state index contributed by atoms with van der Waals surface area (Å²) in [6, 6.07) is 5.60. The van der Waals surface area contributed by atoms with Crippen LogP contribution >= 0.6 is 23.2 Å². The minimum Gasteiger partial charge on any atom is -0.372 e. The number of amides is 1. The Labute approximate surface area is 202 Å². The molecule has 174 valence electrons. The molecule has 32 heavy (non-hydrogen) atoms. The lowest BCUT2D eigenvalue weighted by Gasteiger charge is -2.26. The van der Waals surface area contributed by atoms with E-state index in [1.807, 2.05) is 24.1 Å². The van der Waals surface area contributed by atoms with Crippen LogP contribution in [0.2, 0.25) is 10.0 Å². The smallest absolute Gasteiger partial charge is 0.222 e. The number of likely N-dealkylation sites (tertiary alicyclic amines) is 1. The first-order valence-corrected chi connectivity index (χ1v) is 11.9. The highest BCUT2D eigenvalue weighted by Crippen LogP contribution is 2.27. The van der Waals surface area contributed by atoms with Crippen LogP contribution in [-0.2, 0) is 11.2 Å². The Kier molecular flexibility index (Phi) is 10.3. The number of benzene rings is 1. The van der Waals surface area contributed by atoms with Gasteiger partial charge >= 0.3 is 0 Å². The lowest BCUT2D eigenvalue weighted by Crippen LogP contribution is -2.39. The molecule has 0 saturated carbocycles. The molecule has 0 bridgehead atoms. The van der Waals surface area contributed by atoms with E-state index in [-0.39, 0.29) is 11.9 Å². The molecule has 1 fully saturated rings. The van der Waals surface area contributed by atoms with Crippen molar-refractivity contribution in [3.05, 3.63) is 70.1 Å². The summed E-state index contributed by atoms with van der Waals surface area (Å²) in [7, 11) is 1.88. The van der Waals surface area contributed by atoms with Crippen molar-refractivity contribution in [1.29, 1.82) is 0 Å². The quantitative estimate of drug-likeness (QED) is 0.563. The van der Waals surface area contributed by atoms with Gasteiger partial charge < -0.3 is 15.1 Å². The topological polar surface area (TPSA) is 47.9 Å². The fraction of sp³-hybridized carbons (Fsp3) is 0.440. The second-order valence-corrected chi connectivity index (χ2v) is 8.76. The largest absolute Gasteiger partial charge is 0.372 e. The van der Waals surface area contributed by atoms with E-state index in [4.69, 9.17) is 23.2 Å². The number of hydrogen-bond donors (Lipinski definition) is 1. The van der Waals surface area contributed by atoms with Crippen LogP contribution in [0.3, 0.4) is 0 Å². The Balaban J connectivity index is 0.00000114. The fourth-order valence-electron chi connectivity index (χ4n) is 3.75. The lowest BCUT2D eigenvalue weighted by molar-refractivity contribution is -0.131.